The van der Waals surface area contributed by atoms with Gasteiger partial charge in [0, 0.05) is 33.8 Å². The lowest BCUT2D eigenvalue weighted by atomic mass is 9.66. The average molecular weight is 404 g/mol. The summed E-state index contributed by atoms with van der Waals surface area (Å²) in [5.74, 6) is -1.29. The van der Waals surface area contributed by atoms with Crippen LogP contribution >= 0.6 is 15.9 Å². The van der Waals surface area contributed by atoms with Crippen molar-refractivity contribution in [3.05, 3.63) is 57.8 Å². The van der Waals surface area contributed by atoms with Gasteiger partial charge in [0.15, 0.2) is 5.78 Å². The Morgan fingerprint density at radius 1 is 1.36 bits per heavy atom. The van der Waals surface area contributed by atoms with Gasteiger partial charge >= 0.3 is 5.97 Å². The minimum absolute atomic E-state index is 0.0881. The summed E-state index contributed by atoms with van der Waals surface area (Å²) in [5, 5.41) is 3.24. The van der Waals surface area contributed by atoms with Gasteiger partial charge in [-0.2, -0.15) is 0 Å². The highest BCUT2D eigenvalue weighted by molar-refractivity contribution is 9.10. The number of methoxy groups -OCH3 is 1. The Hall–Kier alpha value is -1.88. The highest BCUT2D eigenvalue weighted by Gasteiger charge is 2.46. The van der Waals surface area contributed by atoms with E-state index < -0.39 is 5.92 Å². The Morgan fingerprint density at radius 3 is 2.72 bits per heavy atom. The number of hydrogen-bond donors (Lipinski definition) is 1. The monoisotopic (exact) mass is 403 g/mol. The Balaban J connectivity index is 2.20. The molecule has 4 nitrogen and oxygen atoms in total. The first-order valence-electron chi connectivity index (χ1n) is 8.29. The Morgan fingerprint density at radius 2 is 2.08 bits per heavy atom. The smallest absolute Gasteiger partial charge is 0.315 e. The molecule has 5 heteroatoms. The van der Waals surface area contributed by atoms with Gasteiger partial charge in [0.1, 0.15) is 5.92 Å². The number of nitrogens with one attached hydrogen (secondary N) is 1. The molecule has 1 heterocycles. The quantitative estimate of drug-likeness (QED) is 0.755. The Bertz CT molecular complexity index is 794. The van der Waals surface area contributed by atoms with E-state index in [1.54, 1.807) is 0 Å². The van der Waals surface area contributed by atoms with Gasteiger partial charge < -0.3 is 10.1 Å². The molecule has 132 valence electrons. The first-order chi connectivity index (χ1) is 11.7. The molecule has 0 aromatic heterocycles. The van der Waals surface area contributed by atoms with Crippen LogP contribution in [-0.2, 0) is 14.3 Å². The topological polar surface area (TPSA) is 55.4 Å². The van der Waals surface area contributed by atoms with Gasteiger partial charge in [0.05, 0.1) is 7.11 Å². The number of ketones is 1. The zero-order valence-electron chi connectivity index (χ0n) is 14.7. The van der Waals surface area contributed by atoms with E-state index in [-0.39, 0.29) is 23.1 Å². The molecule has 0 fully saturated rings. The van der Waals surface area contributed by atoms with Crippen LogP contribution in [0, 0.1) is 11.3 Å². The molecule has 0 bridgehead atoms. The van der Waals surface area contributed by atoms with E-state index in [1.807, 2.05) is 24.3 Å². The zero-order valence-corrected chi connectivity index (χ0v) is 16.3. The number of carbonyl (C=O) groups excluding carboxylic acids is 2. The first-order valence-corrected chi connectivity index (χ1v) is 9.08. The molecule has 1 aliphatic carbocycles. The second-order valence-corrected chi connectivity index (χ2v) is 8.43. The largest absolute Gasteiger partial charge is 0.468 e. The molecule has 0 saturated heterocycles. The van der Waals surface area contributed by atoms with Crippen LogP contribution in [0.1, 0.15) is 38.2 Å². The molecule has 0 saturated carbocycles. The lowest BCUT2D eigenvalue weighted by Crippen LogP contribution is -2.43. The predicted octanol–water partition coefficient (Wildman–Crippen LogP) is 4.08. The van der Waals surface area contributed by atoms with Crippen molar-refractivity contribution < 1.29 is 14.3 Å². The van der Waals surface area contributed by atoms with Crippen LogP contribution in [0.2, 0.25) is 0 Å². The molecule has 0 radical (unpaired) electrons. The molecule has 2 unspecified atom stereocenters. The maximum Gasteiger partial charge on any atom is 0.315 e. The molecule has 2 atom stereocenters. The molecule has 0 spiro atoms. The van der Waals surface area contributed by atoms with Gasteiger partial charge in [0.25, 0.3) is 0 Å². The van der Waals surface area contributed by atoms with Gasteiger partial charge in [-0.05, 0) is 29.5 Å². The molecule has 1 aliphatic heterocycles. The van der Waals surface area contributed by atoms with Crippen LogP contribution in [0.25, 0.3) is 0 Å². The molecule has 1 N–H and O–H groups in total. The number of rotatable bonds is 2. The van der Waals surface area contributed by atoms with Gasteiger partial charge in [-0.3, -0.25) is 9.59 Å². The van der Waals surface area contributed by atoms with Crippen LogP contribution < -0.4 is 5.32 Å². The van der Waals surface area contributed by atoms with Gasteiger partial charge in [-0.15, -0.1) is 0 Å². The van der Waals surface area contributed by atoms with E-state index in [9.17, 15) is 9.59 Å². The van der Waals surface area contributed by atoms with Crippen LogP contribution in [0.3, 0.4) is 0 Å². The maximum atomic E-state index is 13.0. The second-order valence-electron chi connectivity index (χ2n) is 7.52. The number of halogens is 1. The summed E-state index contributed by atoms with van der Waals surface area (Å²) in [4.78, 5) is 25.5. The van der Waals surface area contributed by atoms with E-state index in [4.69, 9.17) is 4.74 Å². The summed E-state index contributed by atoms with van der Waals surface area (Å²) in [6.45, 7) is 8.22. The summed E-state index contributed by atoms with van der Waals surface area (Å²) in [5.41, 5.74) is 2.97. The number of hydrogen-bond acceptors (Lipinski definition) is 4. The lowest BCUT2D eigenvalue weighted by molar-refractivity contribution is -0.144. The standard InChI is InChI=1S/C20H22BrNO3/c1-11-16(19(24)25-4)17(12-6-5-7-13(21)8-12)18-14(22-11)9-20(2,3)10-15(18)23/h5-8,16-17,22H,1,9-10H2,2-4H3. The third kappa shape index (κ3) is 3.30. The van der Waals surface area contributed by atoms with E-state index in [2.05, 4.69) is 41.7 Å². The summed E-state index contributed by atoms with van der Waals surface area (Å²) >= 11 is 3.48. The van der Waals surface area contributed by atoms with E-state index in [1.165, 1.54) is 7.11 Å². The molecular formula is C20H22BrNO3. The van der Waals surface area contributed by atoms with Crippen molar-refractivity contribution in [2.24, 2.45) is 11.3 Å². The molecule has 3 rings (SSSR count). The van der Waals surface area contributed by atoms with Crippen molar-refractivity contribution in [2.45, 2.75) is 32.6 Å². The second kappa shape index (κ2) is 6.45. The summed E-state index contributed by atoms with van der Waals surface area (Å²) in [6, 6.07) is 7.74. The molecule has 2 aliphatic rings. The third-order valence-corrected chi connectivity index (χ3v) is 5.41. The molecular weight excluding hydrogens is 382 g/mol. The van der Waals surface area contributed by atoms with Crippen molar-refractivity contribution in [3.63, 3.8) is 0 Å². The van der Waals surface area contributed by atoms with E-state index >= 15 is 0 Å². The van der Waals surface area contributed by atoms with Crippen molar-refractivity contribution in [2.75, 3.05) is 7.11 Å². The highest BCUT2D eigenvalue weighted by atomic mass is 79.9. The van der Waals surface area contributed by atoms with Gasteiger partial charge in [0.2, 0.25) is 0 Å². The molecule has 0 amide bonds. The Kier molecular flexibility index (Phi) is 4.62. The van der Waals surface area contributed by atoms with Crippen molar-refractivity contribution in [3.8, 4) is 0 Å². The SMILES string of the molecule is C=C1NC2=C(C(=O)CC(C)(C)C2)C(c2cccc(Br)c2)C1C(=O)OC. The lowest BCUT2D eigenvalue weighted by Gasteiger charge is -2.42. The predicted molar refractivity (Wildman–Crippen MR) is 99.7 cm³/mol. The number of allylic oxidation sites excluding steroid dienone is 2. The van der Waals surface area contributed by atoms with E-state index in [0.29, 0.717) is 17.7 Å². The van der Waals surface area contributed by atoms with Gasteiger partial charge in [-0.25, -0.2) is 0 Å². The number of ether oxygens (including phenoxy) is 1. The average Bonchev–Trinajstić information content (AvgIpc) is 2.51. The minimum Gasteiger partial charge on any atom is -0.468 e. The number of Topliss-reactive ketones (excluding diaryl/α,β-unsaturated/α-hetero) is 1. The van der Waals surface area contributed by atoms with Crippen LogP contribution in [0.4, 0.5) is 0 Å². The van der Waals surface area contributed by atoms with Crippen LogP contribution in [-0.4, -0.2) is 18.9 Å². The minimum atomic E-state index is -0.622. The summed E-state index contributed by atoms with van der Waals surface area (Å²) < 4.78 is 5.92. The molecule has 25 heavy (non-hydrogen) atoms. The molecule has 1 aromatic rings. The van der Waals surface area contributed by atoms with E-state index in [0.717, 1.165) is 22.2 Å². The first kappa shape index (κ1) is 17.9. The number of benzene rings is 1. The fraction of sp³-hybridized carbons (Fsp3) is 0.400. The highest BCUT2D eigenvalue weighted by Crippen LogP contribution is 2.48. The summed E-state index contributed by atoms with van der Waals surface area (Å²) in [7, 11) is 1.36. The normalized spacial score (nSPS) is 25.3. The number of esters is 1. The van der Waals surface area contributed by atoms with Crippen LogP contribution in [0.5, 0.6) is 0 Å². The maximum absolute atomic E-state index is 13.0. The fourth-order valence-electron chi connectivity index (χ4n) is 3.91. The Labute approximate surface area is 156 Å². The fourth-order valence-corrected chi connectivity index (χ4v) is 4.33. The number of carbonyl (C=O) groups is 2. The van der Waals surface area contributed by atoms with Gasteiger partial charge in [-0.1, -0.05) is 48.5 Å². The summed E-state index contributed by atoms with van der Waals surface area (Å²) in [6.07, 6.45) is 1.23. The third-order valence-electron chi connectivity index (χ3n) is 4.91. The molecule has 1 aromatic carbocycles. The van der Waals surface area contributed by atoms with Crippen molar-refractivity contribution in [1.29, 1.82) is 0 Å². The van der Waals surface area contributed by atoms with Crippen LogP contribution in [0.15, 0.2) is 52.3 Å². The van der Waals surface area contributed by atoms with Crippen molar-refractivity contribution >= 4 is 27.7 Å². The van der Waals surface area contributed by atoms with Crippen molar-refractivity contribution in [1.82, 2.24) is 5.32 Å². The zero-order chi connectivity index (χ0) is 18.4.